The van der Waals surface area contributed by atoms with Crippen LogP contribution in [-0.2, 0) is 9.13 Å². The zero-order valence-electron chi connectivity index (χ0n) is 19.8. The summed E-state index contributed by atoms with van der Waals surface area (Å²) in [6, 6.07) is 38.5. The Balaban J connectivity index is 1.89. The molecule has 4 rings (SSSR count). The van der Waals surface area contributed by atoms with Crippen molar-refractivity contribution in [1.82, 2.24) is 0 Å². The quantitative estimate of drug-likeness (QED) is 0.216. The molecular weight excluding hydrogens is 470 g/mol. The molecule has 4 aromatic rings. The lowest BCUT2D eigenvalue weighted by Gasteiger charge is -2.32. The molecule has 4 aromatic carbocycles. The lowest BCUT2D eigenvalue weighted by molar-refractivity contribution is 0.283. The van der Waals surface area contributed by atoms with E-state index in [1.807, 2.05) is 121 Å². The van der Waals surface area contributed by atoms with E-state index in [4.69, 9.17) is 0 Å². The normalized spacial score (nSPS) is 12.8. The van der Waals surface area contributed by atoms with Gasteiger partial charge in [-0.05, 0) is 12.8 Å². The highest BCUT2D eigenvalue weighted by Crippen LogP contribution is 2.57. The van der Waals surface area contributed by atoms with E-state index >= 15 is 4.57 Å². The van der Waals surface area contributed by atoms with Crippen molar-refractivity contribution in [1.29, 1.82) is 0 Å². The Morgan fingerprint density at radius 3 is 1.29 bits per heavy atom. The summed E-state index contributed by atoms with van der Waals surface area (Å²) in [4.78, 5) is 0. The van der Waals surface area contributed by atoms with Crippen molar-refractivity contribution in [3.8, 4) is 0 Å². The van der Waals surface area contributed by atoms with Crippen molar-refractivity contribution in [3.05, 3.63) is 121 Å². The van der Waals surface area contributed by atoms with E-state index in [1.165, 1.54) is 0 Å². The molecule has 0 aliphatic heterocycles. The molecule has 0 aliphatic carbocycles. The fourth-order valence-electron chi connectivity index (χ4n) is 4.74. The van der Waals surface area contributed by atoms with Crippen LogP contribution in [0.2, 0.25) is 0 Å². The summed E-state index contributed by atoms with van der Waals surface area (Å²) in [7, 11) is -6.27. The highest BCUT2D eigenvalue weighted by Gasteiger charge is 2.41. The molecule has 35 heavy (non-hydrogen) atoms. The SMILES string of the molecule is O=P(CC(CCCCO)P(=O)(c1ccccc1)c1ccccc1)(c1ccccc1)c1ccccc1. The molecule has 3 nitrogen and oxygen atoms in total. The maximum Gasteiger partial charge on any atom is 0.146 e. The van der Waals surface area contributed by atoms with Crippen LogP contribution in [-0.4, -0.2) is 23.5 Å². The summed E-state index contributed by atoms with van der Waals surface area (Å²) in [5, 5.41) is 12.6. The van der Waals surface area contributed by atoms with E-state index in [0.29, 0.717) is 25.4 Å². The molecule has 5 heteroatoms. The Labute approximate surface area is 208 Å². The zero-order chi connectivity index (χ0) is 24.6. The van der Waals surface area contributed by atoms with Crippen molar-refractivity contribution >= 4 is 35.5 Å². The van der Waals surface area contributed by atoms with Gasteiger partial charge >= 0.3 is 0 Å². The topological polar surface area (TPSA) is 54.4 Å². The Morgan fingerprint density at radius 2 is 0.914 bits per heavy atom. The van der Waals surface area contributed by atoms with Gasteiger partial charge in [0.25, 0.3) is 0 Å². The average Bonchev–Trinajstić information content (AvgIpc) is 2.94. The van der Waals surface area contributed by atoms with Crippen LogP contribution < -0.4 is 21.2 Å². The second kappa shape index (κ2) is 11.8. The van der Waals surface area contributed by atoms with Crippen LogP contribution in [0, 0.1) is 0 Å². The van der Waals surface area contributed by atoms with Gasteiger partial charge in [-0.3, -0.25) is 0 Å². The molecule has 1 N–H and O–H groups in total. The lowest BCUT2D eigenvalue weighted by Crippen LogP contribution is -2.32. The largest absolute Gasteiger partial charge is 0.396 e. The van der Waals surface area contributed by atoms with Crippen LogP contribution in [0.15, 0.2) is 121 Å². The van der Waals surface area contributed by atoms with E-state index in [0.717, 1.165) is 21.2 Å². The van der Waals surface area contributed by atoms with E-state index in [1.54, 1.807) is 0 Å². The molecular formula is C30H32O3P2. The predicted octanol–water partition coefficient (Wildman–Crippen LogP) is 5.55. The van der Waals surface area contributed by atoms with Gasteiger partial charge < -0.3 is 14.2 Å². The van der Waals surface area contributed by atoms with Gasteiger partial charge in [0.2, 0.25) is 0 Å². The van der Waals surface area contributed by atoms with E-state index in [-0.39, 0.29) is 12.3 Å². The third-order valence-corrected chi connectivity index (χ3v) is 13.7. The summed E-state index contributed by atoms with van der Waals surface area (Å²) in [5.74, 6) is 0. The van der Waals surface area contributed by atoms with E-state index in [9.17, 15) is 9.67 Å². The zero-order valence-corrected chi connectivity index (χ0v) is 21.6. The Morgan fingerprint density at radius 1 is 0.543 bits per heavy atom. The third-order valence-electron chi connectivity index (χ3n) is 6.55. The number of unbranched alkanes of at least 4 members (excludes halogenated alkanes) is 1. The molecule has 0 aliphatic rings. The Kier molecular flexibility index (Phi) is 8.58. The minimum absolute atomic E-state index is 0.0860. The van der Waals surface area contributed by atoms with Gasteiger partial charge in [-0.1, -0.05) is 128 Å². The lowest BCUT2D eigenvalue weighted by atomic mass is 10.2. The minimum Gasteiger partial charge on any atom is -0.396 e. The molecule has 0 aromatic heterocycles. The van der Waals surface area contributed by atoms with Crippen LogP contribution in [0.5, 0.6) is 0 Å². The number of hydrogen-bond acceptors (Lipinski definition) is 3. The highest BCUT2D eigenvalue weighted by atomic mass is 31.2. The molecule has 0 amide bonds. The number of aliphatic hydroxyl groups excluding tert-OH is 1. The number of benzene rings is 4. The monoisotopic (exact) mass is 502 g/mol. The van der Waals surface area contributed by atoms with Gasteiger partial charge in [-0.25, -0.2) is 0 Å². The molecule has 180 valence electrons. The first-order valence-corrected chi connectivity index (χ1v) is 15.8. The van der Waals surface area contributed by atoms with Gasteiger partial charge in [-0.2, -0.15) is 0 Å². The standard InChI is InChI=1S/C30H32O3P2/c31-24-14-13-23-30(35(33,28-19-9-3-10-20-28)29-21-11-4-12-22-29)25-34(32,26-15-5-1-6-16-26)27-17-7-2-8-18-27/h1-12,15-22,30-31H,13-14,23-25H2. The molecule has 0 spiro atoms. The van der Waals surface area contributed by atoms with Crippen LogP contribution in [0.3, 0.4) is 0 Å². The van der Waals surface area contributed by atoms with Gasteiger partial charge in [0.1, 0.15) is 14.3 Å². The molecule has 0 saturated heterocycles. The van der Waals surface area contributed by atoms with E-state index in [2.05, 4.69) is 0 Å². The molecule has 0 fully saturated rings. The molecule has 1 unspecified atom stereocenters. The van der Waals surface area contributed by atoms with Crippen LogP contribution in [0.25, 0.3) is 0 Å². The third kappa shape index (κ3) is 5.60. The first kappa shape index (κ1) is 25.4. The fraction of sp³-hybridized carbons (Fsp3) is 0.200. The molecule has 1 atom stereocenters. The van der Waals surface area contributed by atoms with Crippen molar-refractivity contribution in [2.75, 3.05) is 12.8 Å². The van der Waals surface area contributed by atoms with Gasteiger partial charge in [0, 0.05) is 39.6 Å². The molecule has 0 saturated carbocycles. The molecule has 0 heterocycles. The molecule has 0 bridgehead atoms. The van der Waals surface area contributed by atoms with Crippen LogP contribution >= 0.6 is 14.3 Å². The van der Waals surface area contributed by atoms with Crippen molar-refractivity contribution in [2.45, 2.75) is 24.9 Å². The fourth-order valence-corrected chi connectivity index (χ4v) is 12.1. The van der Waals surface area contributed by atoms with Gasteiger partial charge in [0.05, 0.1) is 0 Å². The van der Waals surface area contributed by atoms with Crippen molar-refractivity contribution in [3.63, 3.8) is 0 Å². The second-order valence-corrected chi connectivity index (χ2v) is 14.8. The first-order valence-electron chi connectivity index (χ1n) is 12.1. The van der Waals surface area contributed by atoms with Crippen molar-refractivity contribution in [2.24, 2.45) is 0 Å². The molecule has 0 radical (unpaired) electrons. The summed E-state index contributed by atoms with van der Waals surface area (Å²) in [5.41, 5.74) is -0.343. The first-order chi connectivity index (χ1) is 17.1. The minimum atomic E-state index is -3.17. The van der Waals surface area contributed by atoms with Gasteiger partial charge in [-0.15, -0.1) is 0 Å². The summed E-state index contributed by atoms with van der Waals surface area (Å²) < 4.78 is 30.3. The maximum absolute atomic E-state index is 15.3. The summed E-state index contributed by atoms with van der Waals surface area (Å²) in [6.45, 7) is 0.0860. The Bertz CT molecular complexity index is 1190. The van der Waals surface area contributed by atoms with Crippen LogP contribution in [0.4, 0.5) is 0 Å². The van der Waals surface area contributed by atoms with E-state index < -0.39 is 14.3 Å². The predicted molar refractivity (Wildman–Crippen MR) is 149 cm³/mol. The highest BCUT2D eigenvalue weighted by molar-refractivity contribution is 7.82. The Hall–Kier alpha value is -2.70. The number of rotatable bonds is 11. The summed E-state index contributed by atoms with van der Waals surface area (Å²) in [6.07, 6.45) is 2.26. The maximum atomic E-state index is 15.3. The average molecular weight is 503 g/mol. The summed E-state index contributed by atoms with van der Waals surface area (Å²) >= 11 is 0. The van der Waals surface area contributed by atoms with Gasteiger partial charge in [0.15, 0.2) is 0 Å². The van der Waals surface area contributed by atoms with Crippen LogP contribution in [0.1, 0.15) is 19.3 Å². The second-order valence-electron chi connectivity index (χ2n) is 8.80. The van der Waals surface area contributed by atoms with Crippen molar-refractivity contribution < 1.29 is 14.2 Å². The smallest absolute Gasteiger partial charge is 0.146 e. The number of hydrogen-bond donors (Lipinski definition) is 1. The number of aliphatic hydroxyl groups is 1.